The monoisotopic (exact) mass is 1310 g/mol. The lowest BCUT2D eigenvalue weighted by molar-refractivity contribution is -0.119. The van der Waals surface area contributed by atoms with E-state index in [0.29, 0.717) is 62.5 Å². The van der Waals surface area contributed by atoms with Crippen LogP contribution < -0.4 is 55.9 Å². The molecular formula is C62H64Cl2N16O13. The third kappa shape index (κ3) is 25.8. The Morgan fingerprint density at radius 3 is 1.20 bits per heavy atom. The number of aliphatic hydroxyl groups excluding tert-OH is 1. The van der Waals surface area contributed by atoms with Gasteiger partial charge in [-0.15, -0.1) is 20.4 Å². The molecule has 9 aromatic rings. The van der Waals surface area contributed by atoms with Gasteiger partial charge in [0.2, 0.25) is 29.5 Å². The van der Waals surface area contributed by atoms with E-state index < -0.39 is 46.2 Å². The van der Waals surface area contributed by atoms with Gasteiger partial charge in [-0.25, -0.2) is 11.7 Å². The van der Waals surface area contributed by atoms with Gasteiger partial charge in [-0.2, -0.15) is 0 Å². The molecule has 0 saturated carbocycles. The zero-order chi connectivity index (χ0) is 68.5. The number of rotatable bonds is 12. The molecule has 31 heteroatoms. The Morgan fingerprint density at radius 1 is 0.441 bits per heavy atom. The van der Waals surface area contributed by atoms with Gasteiger partial charge in [0.25, 0.3) is 34.8 Å². The number of amides is 6. The molecule has 0 bridgehead atoms. The molecular weight excluding hydrogens is 1250 g/mol. The second-order valence-corrected chi connectivity index (χ2v) is 19.2. The SMILES string of the molecule is CC(=O)NNC(=O)c1cccc(C(=O)NNC(=O)c2ccc(C)cc2)c1.CC(=O)c1ccc(C(C)=O)cc1.Cc1ccc(-c2nnc(-c3cccc(-c4nnc(C)o4)c3)o2)cc1.N#N.NN.NNC(=O)c1ccc(C(=O)NN)cc1.O.O=C(Cl)c1cccc(C(O)Cl)c1. The molecule has 17 N–H and O–H groups in total. The van der Waals surface area contributed by atoms with Crippen molar-refractivity contribution in [2.24, 2.45) is 23.4 Å². The van der Waals surface area contributed by atoms with Crippen LogP contribution in [0.3, 0.4) is 0 Å². The van der Waals surface area contributed by atoms with Gasteiger partial charge in [-0.1, -0.05) is 102 Å². The molecule has 0 aliphatic heterocycles. The Hall–Kier alpha value is -11.6. The normalized spacial score (nSPS) is 9.88. The van der Waals surface area contributed by atoms with E-state index in [4.69, 9.17) is 59.6 Å². The fraction of sp³-hybridized carbons (Fsp3) is 0.113. The standard InChI is InChI=1S/C18H18N4O4.C18H14N4O2.C10H10O2.C8H6Cl2O2.C8H10N4O2.H4N2.N2.H2O/c1-11-6-8-13(9-7-11)16(24)21-22-18(26)15-5-3-4-14(10-15)17(25)20-19-12(2)23;1-11-6-8-13(9-7-11)16-21-22-18(24-16)15-5-3-4-14(10-15)17-20-19-12(2)23-17;1-7(11)9-3-5-10(6-4-9)8(2)12;9-7(11)5-2-1-3-6(4-5)8(10)12;9-11-7(13)5-1-2-6(4-3-5)8(14)12-10;2*1-2;/h3-10H,1-2H3,(H,19,23)(H,20,25)(H,21,24)(H,22,26);3-10H,1-2H3;3-6H,1-2H3;1-4,7,11H;1-4H,9-10H2,(H,11,13)(H,12,14);1-2H2;;1H2. The zero-order valence-corrected chi connectivity index (χ0v) is 51.9. The number of aromatic nitrogens is 4. The Labute approximate surface area is 541 Å². The van der Waals surface area contributed by atoms with Gasteiger partial charge >= 0.3 is 0 Å². The molecule has 93 heavy (non-hydrogen) atoms. The molecule has 0 fully saturated rings. The predicted molar refractivity (Wildman–Crippen MR) is 341 cm³/mol. The summed E-state index contributed by atoms with van der Waals surface area (Å²) in [5.74, 6) is 17.0. The maximum Gasteiger partial charge on any atom is 0.269 e. The van der Waals surface area contributed by atoms with Crippen LogP contribution in [0.4, 0.5) is 0 Å². The molecule has 6 amide bonds. The third-order valence-electron chi connectivity index (χ3n) is 11.7. The van der Waals surface area contributed by atoms with Crippen molar-refractivity contribution < 1.29 is 62.6 Å². The summed E-state index contributed by atoms with van der Waals surface area (Å²) in [4.78, 5) is 101. The molecule has 0 radical (unpaired) electrons. The van der Waals surface area contributed by atoms with Crippen LogP contribution in [0.5, 0.6) is 0 Å². The van der Waals surface area contributed by atoms with Gasteiger partial charge in [0, 0.05) is 85.8 Å². The Bertz CT molecular complexity index is 3910. The van der Waals surface area contributed by atoms with Crippen LogP contribution >= 0.6 is 23.2 Å². The quantitative estimate of drug-likeness (QED) is 0.0123. The highest BCUT2D eigenvalue weighted by Crippen LogP contribution is 2.28. The fourth-order valence-electron chi connectivity index (χ4n) is 7.02. The number of carbonyl (C=O) groups is 9. The molecule has 0 aliphatic carbocycles. The van der Waals surface area contributed by atoms with Gasteiger partial charge in [-0.05, 0) is 136 Å². The number of nitrogens with one attached hydrogen (secondary N) is 6. The van der Waals surface area contributed by atoms with E-state index in [2.05, 4.69) is 53.8 Å². The number of Topliss-reactive ketones (excluding diaryl/α,β-unsaturated/α-hetero) is 2. The predicted octanol–water partition coefficient (Wildman–Crippen LogP) is 6.23. The van der Waals surface area contributed by atoms with Crippen molar-refractivity contribution in [3.8, 4) is 34.4 Å². The fourth-order valence-corrected chi connectivity index (χ4v) is 7.27. The Balaban J connectivity index is 0.000000404. The molecule has 484 valence electrons. The first-order valence-corrected chi connectivity index (χ1v) is 27.3. The van der Waals surface area contributed by atoms with Crippen molar-refractivity contribution in [1.29, 1.82) is 10.8 Å². The molecule has 2 aromatic heterocycles. The van der Waals surface area contributed by atoms with Crippen LogP contribution in [-0.4, -0.2) is 83.2 Å². The van der Waals surface area contributed by atoms with Crippen LogP contribution in [0.2, 0.25) is 0 Å². The summed E-state index contributed by atoms with van der Waals surface area (Å²) >= 11 is 10.6. The van der Waals surface area contributed by atoms with Gasteiger partial charge in [0.05, 0.1) is 0 Å². The van der Waals surface area contributed by atoms with E-state index in [1.54, 1.807) is 73.7 Å². The maximum atomic E-state index is 12.1. The van der Waals surface area contributed by atoms with Crippen molar-refractivity contribution >= 4 is 75.5 Å². The highest BCUT2D eigenvalue weighted by Gasteiger charge is 2.16. The van der Waals surface area contributed by atoms with Crippen LogP contribution in [0.15, 0.2) is 179 Å². The van der Waals surface area contributed by atoms with Crippen molar-refractivity contribution in [3.05, 3.63) is 237 Å². The lowest BCUT2D eigenvalue weighted by Crippen LogP contribution is -2.42. The lowest BCUT2D eigenvalue weighted by Gasteiger charge is -2.09. The van der Waals surface area contributed by atoms with Crippen molar-refractivity contribution in [1.82, 2.24) is 52.9 Å². The summed E-state index contributed by atoms with van der Waals surface area (Å²) in [5.41, 5.74) is 20.1. The van der Waals surface area contributed by atoms with Crippen molar-refractivity contribution in [3.63, 3.8) is 0 Å². The number of halogens is 2. The molecule has 7 aromatic carbocycles. The van der Waals surface area contributed by atoms with E-state index in [-0.39, 0.29) is 28.2 Å². The van der Waals surface area contributed by atoms with Crippen LogP contribution in [0.25, 0.3) is 34.4 Å². The minimum Gasteiger partial charge on any atom is -0.421 e. The van der Waals surface area contributed by atoms with Gasteiger partial charge in [-0.3, -0.25) is 87.4 Å². The topological polar surface area (TPSA) is 507 Å². The number of nitrogens with two attached hydrogens (primary N) is 4. The summed E-state index contributed by atoms with van der Waals surface area (Å²) in [5, 5.41) is 36.5. The molecule has 0 aliphatic rings. The summed E-state index contributed by atoms with van der Waals surface area (Å²) < 4.78 is 11.3. The highest BCUT2D eigenvalue weighted by atomic mass is 35.5. The average Bonchev–Trinajstić information content (AvgIpc) is 1.94. The van der Waals surface area contributed by atoms with E-state index in [9.17, 15) is 43.2 Å². The Morgan fingerprint density at radius 2 is 0.796 bits per heavy atom. The molecule has 1 atom stereocenters. The molecule has 2 heterocycles. The maximum absolute atomic E-state index is 12.1. The Kier molecular flexibility index (Phi) is 33.4. The highest BCUT2D eigenvalue weighted by molar-refractivity contribution is 6.67. The lowest BCUT2D eigenvalue weighted by atomic mass is 10.1. The van der Waals surface area contributed by atoms with Crippen LogP contribution in [0.1, 0.15) is 132 Å². The first kappa shape index (κ1) is 77.5. The van der Waals surface area contributed by atoms with Gasteiger partial charge in [0.15, 0.2) is 17.1 Å². The number of hydrogen-bond acceptors (Lipinski definition) is 22. The number of nitrogens with zero attached hydrogens (tertiary/aromatic N) is 6. The first-order valence-electron chi connectivity index (χ1n) is 26.5. The first-order chi connectivity index (χ1) is 44.0. The number of hydrogen-bond donors (Lipinski definition) is 11. The molecule has 1 unspecified atom stereocenters. The zero-order valence-electron chi connectivity index (χ0n) is 50.4. The van der Waals surface area contributed by atoms with Gasteiger partial charge < -0.3 is 19.4 Å². The average molecular weight is 1310 g/mol. The number of alkyl halides is 1. The third-order valence-corrected chi connectivity index (χ3v) is 12.2. The van der Waals surface area contributed by atoms with E-state index in [1.165, 1.54) is 80.9 Å². The minimum atomic E-state index is -1.10. The van der Waals surface area contributed by atoms with Gasteiger partial charge in [0.1, 0.15) is 0 Å². The second-order valence-electron chi connectivity index (χ2n) is 18.4. The number of benzene rings is 7. The smallest absolute Gasteiger partial charge is 0.269 e. The summed E-state index contributed by atoms with van der Waals surface area (Å²) in [6.45, 7) is 9.95. The van der Waals surface area contributed by atoms with E-state index >= 15 is 0 Å². The minimum absolute atomic E-state index is 0. The second kappa shape index (κ2) is 40.1. The molecule has 0 saturated heterocycles. The number of aryl methyl sites for hydroxylation is 3. The van der Waals surface area contributed by atoms with Crippen LogP contribution in [0, 0.1) is 31.6 Å². The number of aliphatic hydroxyl groups is 1. The van der Waals surface area contributed by atoms with Crippen LogP contribution in [-0.2, 0) is 4.79 Å². The summed E-state index contributed by atoms with van der Waals surface area (Å²) in [6, 6.07) is 47.0. The number of hydrazine groups is 5. The van der Waals surface area contributed by atoms with E-state index in [1.807, 2.05) is 73.2 Å². The van der Waals surface area contributed by atoms with Crippen molar-refractivity contribution in [2.45, 2.75) is 47.1 Å². The van der Waals surface area contributed by atoms with E-state index in [0.717, 1.165) is 22.3 Å². The van der Waals surface area contributed by atoms with Crippen molar-refractivity contribution in [2.75, 3.05) is 0 Å². The largest absolute Gasteiger partial charge is 0.421 e. The summed E-state index contributed by atoms with van der Waals surface area (Å²) in [7, 11) is 0. The number of nitrogen functional groups attached to an aromatic ring is 2. The molecule has 0 spiro atoms. The number of carbonyl (C=O) groups excluding carboxylic acids is 9. The molecule has 29 nitrogen and oxygen atoms in total. The molecule has 9 rings (SSSR count). The summed E-state index contributed by atoms with van der Waals surface area (Å²) in [6.07, 6.45) is 0. The number of ketones is 2.